The molecule has 1 aromatic carbocycles. The molecule has 2 fully saturated rings. The molecule has 22 heavy (non-hydrogen) atoms. The van der Waals surface area contributed by atoms with Gasteiger partial charge in [0.25, 0.3) is 0 Å². The second-order valence-corrected chi connectivity index (χ2v) is 8.86. The molecule has 1 saturated heterocycles. The Balaban J connectivity index is 1.62. The van der Waals surface area contributed by atoms with Gasteiger partial charge in [-0.3, -0.25) is 4.79 Å². The van der Waals surface area contributed by atoms with E-state index in [0.717, 1.165) is 25.7 Å². The minimum absolute atomic E-state index is 0.105. The summed E-state index contributed by atoms with van der Waals surface area (Å²) in [5.41, 5.74) is 0. The highest BCUT2D eigenvalue weighted by Gasteiger charge is 2.42. The number of benzene rings is 1. The van der Waals surface area contributed by atoms with E-state index in [1.165, 1.54) is 18.6 Å². The van der Waals surface area contributed by atoms with Gasteiger partial charge in [0.15, 0.2) is 9.84 Å². The van der Waals surface area contributed by atoms with E-state index in [-0.39, 0.29) is 16.7 Å². The number of carbonyl (C=O) groups is 1. The molecule has 2 aliphatic rings. The third-order valence-corrected chi connectivity index (χ3v) is 7.05. The maximum atomic E-state index is 12.5. The van der Waals surface area contributed by atoms with Crippen molar-refractivity contribution in [2.24, 2.45) is 5.92 Å². The summed E-state index contributed by atoms with van der Waals surface area (Å²) in [5.74, 6) is 0.246. The number of hydrogen-bond donors (Lipinski definition) is 0. The number of likely N-dealkylation sites (tertiary alicyclic amines) is 1. The zero-order valence-corrected chi connectivity index (χ0v) is 13.9. The van der Waals surface area contributed by atoms with Gasteiger partial charge >= 0.3 is 0 Å². The third kappa shape index (κ3) is 3.01. The summed E-state index contributed by atoms with van der Waals surface area (Å²) in [7, 11) is -3.37. The summed E-state index contributed by atoms with van der Waals surface area (Å²) in [6, 6.07) is 6.22. The first-order valence-corrected chi connectivity index (χ1v) is 9.69. The average molecular weight is 342 g/mol. The number of hydrogen-bond acceptors (Lipinski definition) is 3. The molecule has 120 valence electrons. The predicted molar refractivity (Wildman–Crippen MR) is 85.6 cm³/mol. The minimum atomic E-state index is -3.37. The van der Waals surface area contributed by atoms with E-state index in [1.807, 2.05) is 0 Å². The lowest BCUT2D eigenvalue weighted by Crippen LogP contribution is -2.58. The largest absolute Gasteiger partial charge is 0.340 e. The average Bonchev–Trinajstić information content (AvgIpc) is 2.46. The first-order valence-electron chi connectivity index (χ1n) is 7.77. The molecule has 0 aromatic heterocycles. The lowest BCUT2D eigenvalue weighted by atomic mass is 9.87. The third-order valence-electron chi connectivity index (χ3n) is 4.70. The van der Waals surface area contributed by atoms with Gasteiger partial charge in [0.1, 0.15) is 5.25 Å². The molecule has 0 radical (unpaired) electrons. The second-order valence-electron chi connectivity index (χ2n) is 6.20. The van der Waals surface area contributed by atoms with E-state index < -0.39 is 15.1 Å². The molecule has 0 unspecified atom stereocenters. The first-order chi connectivity index (χ1) is 10.5. The van der Waals surface area contributed by atoms with Crippen molar-refractivity contribution in [3.05, 3.63) is 29.3 Å². The van der Waals surface area contributed by atoms with Gasteiger partial charge in [-0.15, -0.1) is 0 Å². The van der Waals surface area contributed by atoms with Gasteiger partial charge in [0, 0.05) is 24.0 Å². The number of carbonyl (C=O) groups excluding carboxylic acids is 1. The molecule has 0 N–H and O–H groups in total. The zero-order chi connectivity index (χ0) is 15.7. The van der Waals surface area contributed by atoms with E-state index in [2.05, 4.69) is 0 Å². The Kier molecular flexibility index (Phi) is 4.46. The van der Waals surface area contributed by atoms with E-state index in [9.17, 15) is 13.2 Å². The van der Waals surface area contributed by atoms with Crippen molar-refractivity contribution in [3.63, 3.8) is 0 Å². The van der Waals surface area contributed by atoms with E-state index in [0.29, 0.717) is 18.1 Å². The van der Waals surface area contributed by atoms with Gasteiger partial charge < -0.3 is 4.90 Å². The van der Waals surface area contributed by atoms with Gasteiger partial charge in [-0.1, -0.05) is 30.9 Å². The van der Waals surface area contributed by atoms with Crippen molar-refractivity contribution in [3.8, 4) is 0 Å². The Morgan fingerprint density at radius 2 is 1.64 bits per heavy atom. The molecule has 1 heterocycles. The highest BCUT2D eigenvalue weighted by molar-refractivity contribution is 7.92. The summed E-state index contributed by atoms with van der Waals surface area (Å²) in [6.07, 6.45) is 5.32. The Bertz CT molecular complexity index is 644. The molecule has 3 rings (SSSR count). The summed E-state index contributed by atoms with van der Waals surface area (Å²) >= 11 is 5.79. The zero-order valence-electron chi connectivity index (χ0n) is 12.4. The van der Waals surface area contributed by atoms with Crippen LogP contribution in [0.25, 0.3) is 0 Å². The Morgan fingerprint density at radius 1 is 1.05 bits per heavy atom. The van der Waals surface area contributed by atoms with Crippen LogP contribution in [0.5, 0.6) is 0 Å². The molecule has 0 atom stereocenters. The number of halogens is 1. The van der Waals surface area contributed by atoms with Crippen LogP contribution >= 0.6 is 11.6 Å². The van der Waals surface area contributed by atoms with Crippen LogP contribution in [0.4, 0.5) is 0 Å². The minimum Gasteiger partial charge on any atom is -0.340 e. The number of amides is 1. The molecule has 1 aromatic rings. The van der Waals surface area contributed by atoms with Crippen LogP contribution < -0.4 is 0 Å². The first kappa shape index (κ1) is 15.8. The molecule has 4 nitrogen and oxygen atoms in total. The van der Waals surface area contributed by atoms with Gasteiger partial charge in [0.2, 0.25) is 5.91 Å². The fourth-order valence-corrected chi connectivity index (χ4v) is 5.02. The van der Waals surface area contributed by atoms with Crippen molar-refractivity contribution >= 4 is 27.3 Å². The molecule has 1 amide bonds. The van der Waals surface area contributed by atoms with Crippen LogP contribution in [0.3, 0.4) is 0 Å². The summed E-state index contributed by atoms with van der Waals surface area (Å²) in [4.78, 5) is 14.3. The summed E-state index contributed by atoms with van der Waals surface area (Å²) in [6.45, 7) is 0.639. The molecule has 1 aliphatic carbocycles. The van der Waals surface area contributed by atoms with Crippen LogP contribution in [-0.4, -0.2) is 37.6 Å². The van der Waals surface area contributed by atoms with Gasteiger partial charge in [-0.05, 0) is 37.1 Å². The Morgan fingerprint density at radius 3 is 2.23 bits per heavy atom. The fourth-order valence-electron chi connectivity index (χ4n) is 3.24. The fraction of sp³-hybridized carbons (Fsp3) is 0.562. The van der Waals surface area contributed by atoms with Crippen molar-refractivity contribution in [1.82, 2.24) is 4.90 Å². The van der Waals surface area contributed by atoms with Crippen LogP contribution in [-0.2, 0) is 14.6 Å². The molecular formula is C16H20ClNO3S. The normalized spacial score (nSPS) is 20.7. The quantitative estimate of drug-likeness (QED) is 0.849. The molecule has 6 heteroatoms. The predicted octanol–water partition coefficient (Wildman–Crippen LogP) is 2.90. The van der Waals surface area contributed by atoms with E-state index in [4.69, 9.17) is 11.6 Å². The lowest BCUT2D eigenvalue weighted by molar-refractivity contribution is -0.139. The molecule has 1 saturated carbocycles. The summed E-state index contributed by atoms with van der Waals surface area (Å²) in [5, 5.41) is 0.0304. The van der Waals surface area contributed by atoms with Crippen LogP contribution in [0.1, 0.15) is 32.1 Å². The van der Waals surface area contributed by atoms with Crippen molar-refractivity contribution < 1.29 is 13.2 Å². The number of sulfone groups is 1. The monoisotopic (exact) mass is 341 g/mol. The molecule has 1 aliphatic heterocycles. The van der Waals surface area contributed by atoms with Crippen molar-refractivity contribution in [2.75, 3.05) is 13.1 Å². The highest BCUT2D eigenvalue weighted by Crippen LogP contribution is 2.30. The van der Waals surface area contributed by atoms with Crippen molar-refractivity contribution in [2.45, 2.75) is 42.2 Å². The topological polar surface area (TPSA) is 54.5 Å². The smallest absolute Gasteiger partial charge is 0.225 e. The lowest BCUT2D eigenvalue weighted by Gasteiger charge is -2.41. The highest BCUT2D eigenvalue weighted by atomic mass is 35.5. The van der Waals surface area contributed by atoms with Gasteiger partial charge in [-0.2, -0.15) is 0 Å². The van der Waals surface area contributed by atoms with Crippen LogP contribution in [0, 0.1) is 5.92 Å². The van der Waals surface area contributed by atoms with Crippen LogP contribution in [0.15, 0.2) is 29.2 Å². The second kappa shape index (κ2) is 6.20. The SMILES string of the molecule is O=C(C1CCCCC1)N1CC(S(=O)(=O)c2ccc(Cl)cc2)C1. The van der Waals surface area contributed by atoms with Crippen molar-refractivity contribution in [1.29, 1.82) is 0 Å². The molecule has 0 bridgehead atoms. The van der Waals surface area contributed by atoms with Gasteiger partial charge in [0.05, 0.1) is 4.90 Å². The number of nitrogens with zero attached hydrogens (tertiary/aromatic N) is 1. The number of rotatable bonds is 3. The van der Waals surface area contributed by atoms with E-state index in [1.54, 1.807) is 17.0 Å². The maximum absolute atomic E-state index is 12.5. The van der Waals surface area contributed by atoms with Gasteiger partial charge in [-0.25, -0.2) is 8.42 Å². The molecule has 0 spiro atoms. The standard InChI is InChI=1S/C16H20ClNO3S/c17-13-6-8-14(9-7-13)22(20,21)15-10-18(11-15)16(19)12-4-2-1-3-5-12/h6-9,12,15H,1-5,10-11H2. The van der Waals surface area contributed by atoms with E-state index >= 15 is 0 Å². The Labute approximate surface area is 136 Å². The summed E-state index contributed by atoms with van der Waals surface area (Å²) < 4.78 is 25.0. The van der Waals surface area contributed by atoms with Crippen LogP contribution in [0.2, 0.25) is 5.02 Å². The maximum Gasteiger partial charge on any atom is 0.225 e. The molecular weight excluding hydrogens is 322 g/mol. The Hall–Kier alpha value is -1.07.